The molecule has 1 N–H and O–H groups in total. The van der Waals surface area contributed by atoms with E-state index in [1.165, 1.54) is 24.0 Å². The first-order chi connectivity index (χ1) is 13.5. The van der Waals surface area contributed by atoms with E-state index in [4.69, 9.17) is 4.74 Å². The van der Waals surface area contributed by atoms with E-state index in [1.54, 1.807) is 19.2 Å². The minimum Gasteiger partial charge on any atom is -0.385 e. The Morgan fingerprint density at radius 3 is 2.36 bits per heavy atom. The fraction of sp³-hybridized carbons (Fsp3) is 0.364. The monoisotopic (exact) mass is 386 g/mol. The van der Waals surface area contributed by atoms with E-state index in [9.17, 15) is 14.0 Å². The molecule has 2 amide bonds. The lowest BCUT2D eigenvalue weighted by Gasteiger charge is -2.30. The maximum absolute atomic E-state index is 13.2. The van der Waals surface area contributed by atoms with Gasteiger partial charge in [0.1, 0.15) is 11.9 Å². The molecule has 0 aliphatic rings. The quantitative estimate of drug-likeness (QED) is 0.639. The highest BCUT2D eigenvalue weighted by Gasteiger charge is 2.28. The average molecular weight is 386 g/mol. The Bertz CT molecular complexity index is 750. The Balaban J connectivity index is 2.20. The molecule has 28 heavy (non-hydrogen) atoms. The molecule has 2 rings (SSSR count). The summed E-state index contributed by atoms with van der Waals surface area (Å²) >= 11 is 0. The van der Waals surface area contributed by atoms with Gasteiger partial charge < -0.3 is 15.0 Å². The van der Waals surface area contributed by atoms with Crippen molar-refractivity contribution in [2.45, 2.75) is 32.4 Å². The van der Waals surface area contributed by atoms with Crippen molar-refractivity contribution < 1.29 is 18.7 Å². The average Bonchev–Trinajstić information content (AvgIpc) is 2.70. The van der Waals surface area contributed by atoms with Crippen LogP contribution in [0.25, 0.3) is 0 Å². The van der Waals surface area contributed by atoms with Crippen LogP contribution >= 0.6 is 0 Å². The van der Waals surface area contributed by atoms with Gasteiger partial charge in [-0.3, -0.25) is 9.59 Å². The smallest absolute Gasteiger partial charge is 0.243 e. The lowest BCUT2D eigenvalue weighted by molar-refractivity contribution is -0.139. The first-order valence-electron chi connectivity index (χ1n) is 9.33. The number of ether oxygens (including phenoxy) is 1. The number of nitrogens with zero attached hydrogens (tertiary/aromatic N) is 1. The molecule has 150 valence electrons. The van der Waals surface area contributed by atoms with Crippen molar-refractivity contribution in [1.29, 1.82) is 0 Å². The van der Waals surface area contributed by atoms with Crippen LogP contribution < -0.4 is 5.32 Å². The summed E-state index contributed by atoms with van der Waals surface area (Å²) in [6, 6.07) is 14.9. The summed E-state index contributed by atoms with van der Waals surface area (Å²) in [6.45, 7) is 2.70. The lowest BCUT2D eigenvalue weighted by Crippen LogP contribution is -2.50. The van der Waals surface area contributed by atoms with Crippen LogP contribution in [0.5, 0.6) is 0 Å². The molecular weight excluding hydrogens is 359 g/mol. The number of halogens is 1. The standard InChI is InChI=1S/C22H27FN2O3/c1-17(26)25(16-19-9-11-20(23)12-10-19)21(15-18-7-4-3-5-8-18)22(27)24-13-6-14-28-2/h3-5,7-12,21H,6,13-16H2,1-2H3,(H,24,27). The molecule has 0 saturated carbocycles. The van der Waals surface area contributed by atoms with Crippen LogP contribution in [0.15, 0.2) is 54.6 Å². The number of rotatable bonds is 10. The van der Waals surface area contributed by atoms with E-state index in [2.05, 4.69) is 5.32 Å². The largest absolute Gasteiger partial charge is 0.385 e. The van der Waals surface area contributed by atoms with Crippen LogP contribution in [0.2, 0.25) is 0 Å². The third kappa shape index (κ3) is 6.78. The van der Waals surface area contributed by atoms with E-state index in [-0.39, 0.29) is 24.2 Å². The number of amides is 2. The number of methoxy groups -OCH3 is 1. The van der Waals surface area contributed by atoms with Gasteiger partial charge in [0.15, 0.2) is 0 Å². The molecular formula is C22H27FN2O3. The van der Waals surface area contributed by atoms with Gasteiger partial charge in [-0.05, 0) is 29.7 Å². The molecule has 0 fully saturated rings. The second-order valence-corrected chi connectivity index (χ2v) is 6.62. The van der Waals surface area contributed by atoms with Crippen LogP contribution in [-0.4, -0.2) is 43.0 Å². The van der Waals surface area contributed by atoms with Crippen molar-refractivity contribution in [3.8, 4) is 0 Å². The van der Waals surface area contributed by atoms with Crippen molar-refractivity contribution in [3.05, 3.63) is 71.5 Å². The van der Waals surface area contributed by atoms with E-state index in [1.807, 2.05) is 30.3 Å². The Kier molecular flexibility index (Phi) is 8.62. The van der Waals surface area contributed by atoms with Gasteiger partial charge in [0.2, 0.25) is 11.8 Å². The van der Waals surface area contributed by atoms with Gasteiger partial charge in [-0.2, -0.15) is 0 Å². The normalized spacial score (nSPS) is 11.7. The Labute approximate surface area is 165 Å². The van der Waals surface area contributed by atoms with E-state index in [0.29, 0.717) is 26.0 Å². The molecule has 0 spiro atoms. The maximum Gasteiger partial charge on any atom is 0.243 e. The second-order valence-electron chi connectivity index (χ2n) is 6.62. The third-order valence-electron chi connectivity index (χ3n) is 4.45. The zero-order valence-corrected chi connectivity index (χ0v) is 16.4. The molecule has 0 aromatic heterocycles. The summed E-state index contributed by atoms with van der Waals surface area (Å²) in [4.78, 5) is 26.8. The van der Waals surface area contributed by atoms with Crippen molar-refractivity contribution >= 4 is 11.8 Å². The Morgan fingerprint density at radius 2 is 1.75 bits per heavy atom. The van der Waals surface area contributed by atoms with Crippen LogP contribution in [0.3, 0.4) is 0 Å². The maximum atomic E-state index is 13.2. The summed E-state index contributed by atoms with van der Waals surface area (Å²) < 4.78 is 18.2. The zero-order valence-electron chi connectivity index (χ0n) is 16.4. The van der Waals surface area contributed by atoms with Crippen LogP contribution in [0, 0.1) is 5.82 Å². The molecule has 0 saturated heterocycles. The molecule has 0 heterocycles. The van der Waals surface area contributed by atoms with E-state index >= 15 is 0 Å². The van der Waals surface area contributed by atoms with Crippen molar-refractivity contribution in [2.24, 2.45) is 0 Å². The number of hydrogen-bond donors (Lipinski definition) is 1. The molecule has 0 bridgehead atoms. The van der Waals surface area contributed by atoms with Gasteiger partial charge in [0.25, 0.3) is 0 Å². The highest BCUT2D eigenvalue weighted by Crippen LogP contribution is 2.15. The number of hydrogen-bond acceptors (Lipinski definition) is 3. The Morgan fingerprint density at radius 1 is 1.07 bits per heavy atom. The molecule has 0 radical (unpaired) electrons. The minimum absolute atomic E-state index is 0.211. The van der Waals surface area contributed by atoms with Crippen molar-refractivity contribution in [3.63, 3.8) is 0 Å². The van der Waals surface area contributed by atoms with Gasteiger partial charge in [0.05, 0.1) is 0 Å². The third-order valence-corrected chi connectivity index (χ3v) is 4.45. The Hall–Kier alpha value is -2.73. The number of nitrogens with one attached hydrogen (secondary N) is 1. The lowest BCUT2D eigenvalue weighted by atomic mass is 10.0. The molecule has 2 aromatic carbocycles. The topological polar surface area (TPSA) is 58.6 Å². The minimum atomic E-state index is -0.660. The summed E-state index contributed by atoms with van der Waals surface area (Å²) in [6.07, 6.45) is 1.09. The molecule has 2 aromatic rings. The summed E-state index contributed by atoms with van der Waals surface area (Å²) in [5.74, 6) is -0.760. The zero-order chi connectivity index (χ0) is 20.4. The van der Waals surface area contributed by atoms with Gasteiger partial charge in [-0.1, -0.05) is 42.5 Å². The van der Waals surface area contributed by atoms with Gasteiger partial charge >= 0.3 is 0 Å². The predicted octanol–water partition coefficient (Wildman–Crippen LogP) is 2.94. The predicted molar refractivity (Wildman–Crippen MR) is 106 cm³/mol. The summed E-state index contributed by atoms with van der Waals surface area (Å²) in [5, 5.41) is 2.90. The highest BCUT2D eigenvalue weighted by atomic mass is 19.1. The molecule has 0 aliphatic carbocycles. The van der Waals surface area contributed by atoms with Crippen LogP contribution in [0.4, 0.5) is 4.39 Å². The van der Waals surface area contributed by atoms with Gasteiger partial charge in [-0.25, -0.2) is 4.39 Å². The van der Waals surface area contributed by atoms with Gasteiger partial charge in [-0.15, -0.1) is 0 Å². The number of carbonyl (C=O) groups excluding carboxylic acids is 2. The molecule has 1 unspecified atom stereocenters. The summed E-state index contributed by atoms with van der Waals surface area (Å²) in [5.41, 5.74) is 1.73. The molecule has 1 atom stereocenters. The number of carbonyl (C=O) groups is 2. The SMILES string of the molecule is COCCCNC(=O)C(Cc1ccccc1)N(Cc1ccc(F)cc1)C(C)=O. The second kappa shape index (κ2) is 11.2. The molecule has 6 heteroatoms. The van der Waals surface area contributed by atoms with Gasteiger partial charge in [0, 0.05) is 40.2 Å². The van der Waals surface area contributed by atoms with Crippen molar-refractivity contribution in [1.82, 2.24) is 10.2 Å². The van der Waals surface area contributed by atoms with Crippen LogP contribution in [-0.2, 0) is 27.3 Å². The fourth-order valence-electron chi connectivity index (χ4n) is 2.96. The van der Waals surface area contributed by atoms with Crippen LogP contribution in [0.1, 0.15) is 24.5 Å². The highest BCUT2D eigenvalue weighted by molar-refractivity contribution is 5.87. The molecule has 5 nitrogen and oxygen atoms in total. The first-order valence-corrected chi connectivity index (χ1v) is 9.33. The summed E-state index contributed by atoms with van der Waals surface area (Å²) in [7, 11) is 1.61. The number of benzene rings is 2. The van der Waals surface area contributed by atoms with E-state index < -0.39 is 6.04 Å². The van der Waals surface area contributed by atoms with Crippen molar-refractivity contribution in [2.75, 3.05) is 20.3 Å². The molecule has 0 aliphatic heterocycles. The fourth-order valence-corrected chi connectivity index (χ4v) is 2.96. The first kappa shape index (κ1) is 21.6. The van der Waals surface area contributed by atoms with E-state index in [0.717, 1.165) is 11.1 Å².